The van der Waals surface area contributed by atoms with Crippen LogP contribution in [0.5, 0.6) is 11.5 Å². The molecule has 3 aromatic rings. The number of benzene rings is 2. The molecule has 5 heteroatoms. The lowest BCUT2D eigenvalue weighted by atomic mass is 10.3. The van der Waals surface area contributed by atoms with E-state index in [-0.39, 0.29) is 11.7 Å². The molecule has 0 saturated carbocycles. The molecule has 0 fully saturated rings. The number of carbonyl (C=O) groups excluding carboxylic acids is 1. The Bertz CT molecular complexity index is 752. The molecule has 2 aromatic carbocycles. The lowest BCUT2D eigenvalue weighted by Gasteiger charge is -2.09. The number of hydrogen-bond donors (Lipinski definition) is 1. The standard InChI is InChI=1S/C19H17NO4/c21-19(18-7-4-12-24-18)20-15-8-10-17(11-9-15)23-14-13-22-16-5-2-1-3-6-16/h1-12H,13-14H2,(H,20,21). The fourth-order valence-electron chi connectivity index (χ4n) is 2.07. The van der Waals surface area contributed by atoms with E-state index in [0.29, 0.717) is 24.7 Å². The first-order valence-corrected chi connectivity index (χ1v) is 7.57. The second kappa shape index (κ2) is 7.87. The molecule has 1 heterocycles. The maximum absolute atomic E-state index is 11.9. The lowest BCUT2D eigenvalue weighted by molar-refractivity contribution is 0.0996. The van der Waals surface area contributed by atoms with E-state index in [9.17, 15) is 4.79 Å². The Balaban J connectivity index is 1.44. The van der Waals surface area contributed by atoms with Crippen LogP contribution in [0.3, 0.4) is 0 Å². The zero-order valence-electron chi connectivity index (χ0n) is 13.0. The average molecular weight is 323 g/mol. The molecule has 0 unspecified atom stereocenters. The number of rotatable bonds is 7. The summed E-state index contributed by atoms with van der Waals surface area (Å²) in [5, 5.41) is 2.75. The zero-order chi connectivity index (χ0) is 16.6. The van der Waals surface area contributed by atoms with E-state index in [1.54, 1.807) is 36.4 Å². The van der Waals surface area contributed by atoms with Crippen LogP contribution < -0.4 is 14.8 Å². The van der Waals surface area contributed by atoms with Crippen molar-refractivity contribution in [1.82, 2.24) is 0 Å². The first-order valence-electron chi connectivity index (χ1n) is 7.57. The van der Waals surface area contributed by atoms with Crippen molar-refractivity contribution in [3.8, 4) is 11.5 Å². The zero-order valence-corrected chi connectivity index (χ0v) is 13.0. The molecule has 1 N–H and O–H groups in total. The molecule has 0 radical (unpaired) electrons. The summed E-state index contributed by atoms with van der Waals surface area (Å²) in [6.07, 6.45) is 1.46. The molecule has 0 spiro atoms. The Labute approximate surface area is 139 Å². The van der Waals surface area contributed by atoms with E-state index >= 15 is 0 Å². The molecule has 0 atom stereocenters. The Morgan fingerprint density at radius 2 is 1.50 bits per heavy atom. The van der Waals surface area contributed by atoms with Gasteiger partial charge in [-0.3, -0.25) is 4.79 Å². The summed E-state index contributed by atoms with van der Waals surface area (Å²) in [6, 6.07) is 20.0. The van der Waals surface area contributed by atoms with E-state index in [2.05, 4.69) is 5.32 Å². The largest absolute Gasteiger partial charge is 0.490 e. The first-order chi connectivity index (χ1) is 11.8. The maximum atomic E-state index is 11.9. The second-order valence-electron chi connectivity index (χ2n) is 4.97. The maximum Gasteiger partial charge on any atom is 0.291 e. The monoisotopic (exact) mass is 323 g/mol. The van der Waals surface area contributed by atoms with Gasteiger partial charge in [-0.2, -0.15) is 0 Å². The van der Waals surface area contributed by atoms with Gasteiger partial charge < -0.3 is 19.2 Å². The number of carbonyl (C=O) groups is 1. The van der Waals surface area contributed by atoms with Gasteiger partial charge in [-0.05, 0) is 48.5 Å². The van der Waals surface area contributed by atoms with Crippen molar-refractivity contribution < 1.29 is 18.7 Å². The number of nitrogens with one attached hydrogen (secondary N) is 1. The predicted molar refractivity (Wildman–Crippen MR) is 90.5 cm³/mol. The van der Waals surface area contributed by atoms with Gasteiger partial charge in [0.2, 0.25) is 0 Å². The molecule has 122 valence electrons. The first kappa shape index (κ1) is 15.7. The Morgan fingerprint density at radius 3 is 2.12 bits per heavy atom. The van der Waals surface area contributed by atoms with Gasteiger partial charge in [0.05, 0.1) is 6.26 Å². The summed E-state index contributed by atoms with van der Waals surface area (Å²) in [5.41, 5.74) is 0.671. The predicted octanol–water partition coefficient (Wildman–Crippen LogP) is 3.99. The molecule has 0 aliphatic carbocycles. The van der Waals surface area contributed by atoms with Gasteiger partial charge in [-0.15, -0.1) is 0 Å². The molecule has 0 aliphatic heterocycles. The number of furan rings is 1. The fraction of sp³-hybridized carbons (Fsp3) is 0.105. The van der Waals surface area contributed by atoms with Gasteiger partial charge in [0.25, 0.3) is 5.91 Å². The summed E-state index contributed by atoms with van der Waals surface area (Å²) >= 11 is 0. The highest BCUT2D eigenvalue weighted by atomic mass is 16.5. The quantitative estimate of drug-likeness (QED) is 0.668. The van der Waals surface area contributed by atoms with Crippen molar-refractivity contribution in [3.05, 3.63) is 78.8 Å². The van der Waals surface area contributed by atoms with Gasteiger partial charge >= 0.3 is 0 Å². The minimum Gasteiger partial charge on any atom is -0.490 e. The molecule has 1 amide bonds. The smallest absolute Gasteiger partial charge is 0.291 e. The molecule has 1 aromatic heterocycles. The minimum atomic E-state index is -0.287. The van der Waals surface area contributed by atoms with E-state index < -0.39 is 0 Å². The molecule has 24 heavy (non-hydrogen) atoms. The Hall–Kier alpha value is -3.21. The van der Waals surface area contributed by atoms with Crippen LogP contribution in [0.4, 0.5) is 5.69 Å². The van der Waals surface area contributed by atoms with Crippen LogP contribution in [-0.4, -0.2) is 19.1 Å². The summed E-state index contributed by atoms with van der Waals surface area (Å²) in [7, 11) is 0. The van der Waals surface area contributed by atoms with Crippen LogP contribution in [0.2, 0.25) is 0 Å². The number of para-hydroxylation sites is 1. The van der Waals surface area contributed by atoms with Crippen LogP contribution in [0.15, 0.2) is 77.4 Å². The number of hydrogen-bond acceptors (Lipinski definition) is 4. The van der Waals surface area contributed by atoms with Gasteiger partial charge in [-0.25, -0.2) is 0 Å². The normalized spacial score (nSPS) is 10.2. The molecular formula is C19H17NO4. The van der Waals surface area contributed by atoms with E-state index in [4.69, 9.17) is 13.9 Å². The topological polar surface area (TPSA) is 60.7 Å². The SMILES string of the molecule is O=C(Nc1ccc(OCCOc2ccccc2)cc1)c1ccco1. The molecular weight excluding hydrogens is 306 g/mol. The summed E-state index contributed by atoms with van der Waals surface area (Å²) in [5.74, 6) is 1.51. The summed E-state index contributed by atoms with van der Waals surface area (Å²) < 4.78 is 16.2. The van der Waals surface area contributed by atoms with E-state index in [0.717, 1.165) is 5.75 Å². The second-order valence-corrected chi connectivity index (χ2v) is 4.97. The summed E-state index contributed by atoms with van der Waals surface area (Å²) in [6.45, 7) is 0.897. The van der Waals surface area contributed by atoms with Crippen LogP contribution in [-0.2, 0) is 0 Å². The molecule has 3 rings (SSSR count). The fourth-order valence-corrected chi connectivity index (χ4v) is 2.07. The van der Waals surface area contributed by atoms with Crippen LogP contribution in [0, 0.1) is 0 Å². The Morgan fingerprint density at radius 1 is 0.833 bits per heavy atom. The number of amides is 1. The highest BCUT2D eigenvalue weighted by molar-refractivity contribution is 6.02. The summed E-state index contributed by atoms with van der Waals surface area (Å²) in [4.78, 5) is 11.9. The van der Waals surface area contributed by atoms with Crippen molar-refractivity contribution in [2.75, 3.05) is 18.5 Å². The van der Waals surface area contributed by atoms with Gasteiger partial charge in [0.1, 0.15) is 24.7 Å². The van der Waals surface area contributed by atoms with Gasteiger partial charge in [0.15, 0.2) is 5.76 Å². The van der Waals surface area contributed by atoms with Crippen molar-refractivity contribution in [2.24, 2.45) is 0 Å². The highest BCUT2D eigenvalue weighted by Gasteiger charge is 2.08. The lowest BCUT2D eigenvalue weighted by Crippen LogP contribution is -2.11. The van der Waals surface area contributed by atoms with Crippen LogP contribution in [0.25, 0.3) is 0 Å². The highest BCUT2D eigenvalue weighted by Crippen LogP contribution is 2.17. The van der Waals surface area contributed by atoms with Crippen LogP contribution >= 0.6 is 0 Å². The minimum absolute atomic E-state index is 0.272. The average Bonchev–Trinajstić information content (AvgIpc) is 3.16. The van der Waals surface area contributed by atoms with Crippen molar-refractivity contribution >= 4 is 11.6 Å². The number of anilines is 1. The molecule has 5 nitrogen and oxygen atoms in total. The molecule has 0 saturated heterocycles. The third-order valence-electron chi connectivity index (χ3n) is 3.22. The van der Waals surface area contributed by atoms with E-state index in [1.165, 1.54) is 6.26 Å². The third kappa shape index (κ3) is 4.39. The third-order valence-corrected chi connectivity index (χ3v) is 3.22. The van der Waals surface area contributed by atoms with E-state index in [1.807, 2.05) is 30.3 Å². The van der Waals surface area contributed by atoms with Crippen molar-refractivity contribution in [2.45, 2.75) is 0 Å². The van der Waals surface area contributed by atoms with Crippen molar-refractivity contribution in [3.63, 3.8) is 0 Å². The van der Waals surface area contributed by atoms with Gasteiger partial charge in [-0.1, -0.05) is 18.2 Å². The molecule has 0 aliphatic rings. The van der Waals surface area contributed by atoms with Crippen molar-refractivity contribution in [1.29, 1.82) is 0 Å². The molecule has 0 bridgehead atoms. The van der Waals surface area contributed by atoms with Crippen LogP contribution in [0.1, 0.15) is 10.6 Å². The van der Waals surface area contributed by atoms with Gasteiger partial charge in [0, 0.05) is 5.69 Å². The number of ether oxygens (including phenoxy) is 2. The Kier molecular flexibility index (Phi) is 5.14.